The SMILES string of the molecule is Cc1ccc(C)c(CNc2ccc(Cl)c(C#N)c2)c1. The highest BCUT2D eigenvalue weighted by Gasteiger charge is 2.02. The molecule has 3 heteroatoms. The number of hydrogen-bond acceptors (Lipinski definition) is 2. The lowest BCUT2D eigenvalue weighted by atomic mass is 10.1. The van der Waals surface area contributed by atoms with Crippen LogP contribution in [0.15, 0.2) is 36.4 Å². The molecule has 0 aliphatic heterocycles. The van der Waals surface area contributed by atoms with E-state index >= 15 is 0 Å². The Hall–Kier alpha value is -1.98. The molecule has 0 atom stereocenters. The fraction of sp³-hybridized carbons (Fsp3) is 0.188. The standard InChI is InChI=1S/C16H15ClN2/c1-11-3-4-12(2)14(7-11)10-19-15-5-6-16(17)13(8-15)9-18/h3-8,19H,10H2,1-2H3. The fourth-order valence-electron chi connectivity index (χ4n) is 1.91. The van der Waals surface area contributed by atoms with Gasteiger partial charge in [-0.25, -0.2) is 0 Å². The zero-order valence-corrected chi connectivity index (χ0v) is 11.8. The van der Waals surface area contributed by atoms with Gasteiger partial charge in [-0.15, -0.1) is 0 Å². The molecule has 0 heterocycles. The van der Waals surface area contributed by atoms with Gasteiger partial charge in [0.05, 0.1) is 10.6 Å². The number of hydrogen-bond donors (Lipinski definition) is 1. The number of rotatable bonds is 3. The van der Waals surface area contributed by atoms with Crippen molar-refractivity contribution in [2.24, 2.45) is 0 Å². The fourth-order valence-corrected chi connectivity index (χ4v) is 2.07. The summed E-state index contributed by atoms with van der Waals surface area (Å²) >= 11 is 5.91. The van der Waals surface area contributed by atoms with Gasteiger partial charge in [-0.1, -0.05) is 35.4 Å². The van der Waals surface area contributed by atoms with Crippen LogP contribution in [0.3, 0.4) is 0 Å². The van der Waals surface area contributed by atoms with Crippen molar-refractivity contribution in [1.82, 2.24) is 0 Å². The summed E-state index contributed by atoms with van der Waals surface area (Å²) in [5, 5.41) is 12.8. The van der Waals surface area contributed by atoms with Gasteiger partial charge in [-0.2, -0.15) is 5.26 Å². The molecule has 0 fully saturated rings. The van der Waals surface area contributed by atoms with Crippen molar-refractivity contribution < 1.29 is 0 Å². The van der Waals surface area contributed by atoms with Gasteiger partial charge in [0, 0.05) is 12.2 Å². The summed E-state index contributed by atoms with van der Waals surface area (Å²) < 4.78 is 0. The van der Waals surface area contributed by atoms with Crippen molar-refractivity contribution in [2.75, 3.05) is 5.32 Å². The Bertz CT molecular complexity index is 642. The Kier molecular flexibility index (Phi) is 4.09. The number of aryl methyl sites for hydroxylation is 2. The third-order valence-corrected chi connectivity index (χ3v) is 3.40. The molecule has 0 saturated carbocycles. The molecule has 0 spiro atoms. The van der Waals surface area contributed by atoms with Crippen molar-refractivity contribution in [3.8, 4) is 6.07 Å². The van der Waals surface area contributed by atoms with E-state index in [-0.39, 0.29) is 0 Å². The van der Waals surface area contributed by atoms with Gasteiger partial charge in [0.25, 0.3) is 0 Å². The largest absolute Gasteiger partial charge is 0.381 e. The molecule has 0 bridgehead atoms. The molecule has 19 heavy (non-hydrogen) atoms. The first-order chi connectivity index (χ1) is 9.10. The molecule has 2 aromatic carbocycles. The van der Waals surface area contributed by atoms with Crippen LogP contribution in [-0.2, 0) is 6.54 Å². The molecule has 0 aliphatic carbocycles. The number of benzene rings is 2. The van der Waals surface area contributed by atoms with Crippen molar-refractivity contribution in [3.05, 3.63) is 63.7 Å². The van der Waals surface area contributed by atoms with Crippen LogP contribution in [0.5, 0.6) is 0 Å². The maximum Gasteiger partial charge on any atom is 0.101 e. The predicted octanol–water partition coefficient (Wildman–Crippen LogP) is 4.44. The second-order valence-corrected chi connectivity index (χ2v) is 5.00. The highest BCUT2D eigenvalue weighted by molar-refractivity contribution is 6.31. The van der Waals surface area contributed by atoms with Crippen LogP contribution in [0.25, 0.3) is 0 Å². The van der Waals surface area contributed by atoms with Gasteiger partial charge in [-0.05, 0) is 43.2 Å². The van der Waals surface area contributed by atoms with E-state index in [9.17, 15) is 0 Å². The van der Waals surface area contributed by atoms with E-state index in [0.717, 1.165) is 12.2 Å². The summed E-state index contributed by atoms with van der Waals surface area (Å²) in [5.74, 6) is 0. The van der Waals surface area contributed by atoms with E-state index < -0.39 is 0 Å². The van der Waals surface area contributed by atoms with Gasteiger partial charge in [0.15, 0.2) is 0 Å². The molecule has 2 aromatic rings. The maximum absolute atomic E-state index is 8.95. The number of nitriles is 1. The van der Waals surface area contributed by atoms with Crippen molar-refractivity contribution >= 4 is 17.3 Å². The Morgan fingerprint density at radius 3 is 2.68 bits per heavy atom. The minimum absolute atomic E-state index is 0.486. The smallest absolute Gasteiger partial charge is 0.101 e. The van der Waals surface area contributed by atoms with Crippen LogP contribution in [0.1, 0.15) is 22.3 Å². The summed E-state index contributed by atoms with van der Waals surface area (Å²) in [4.78, 5) is 0. The van der Waals surface area contributed by atoms with Crippen molar-refractivity contribution in [1.29, 1.82) is 5.26 Å². The number of nitrogens with zero attached hydrogens (tertiary/aromatic N) is 1. The van der Waals surface area contributed by atoms with Crippen LogP contribution >= 0.6 is 11.6 Å². The quantitative estimate of drug-likeness (QED) is 0.895. The molecule has 96 valence electrons. The summed E-state index contributed by atoms with van der Waals surface area (Å²) in [6, 6.07) is 13.9. The van der Waals surface area contributed by atoms with Gasteiger partial charge in [0.2, 0.25) is 0 Å². The minimum atomic E-state index is 0.486. The highest BCUT2D eigenvalue weighted by atomic mass is 35.5. The molecule has 0 aliphatic rings. The Labute approximate surface area is 118 Å². The lowest BCUT2D eigenvalue weighted by molar-refractivity contribution is 1.11. The van der Waals surface area contributed by atoms with Crippen molar-refractivity contribution in [2.45, 2.75) is 20.4 Å². The van der Waals surface area contributed by atoms with Crippen LogP contribution in [0, 0.1) is 25.2 Å². The first-order valence-electron chi connectivity index (χ1n) is 6.10. The van der Waals surface area contributed by atoms with E-state index in [1.54, 1.807) is 12.1 Å². The second-order valence-electron chi connectivity index (χ2n) is 4.59. The number of nitrogens with one attached hydrogen (secondary N) is 1. The third kappa shape index (κ3) is 3.27. The first kappa shape index (κ1) is 13.5. The summed E-state index contributed by atoms with van der Waals surface area (Å²) in [7, 11) is 0. The summed E-state index contributed by atoms with van der Waals surface area (Å²) in [6.45, 7) is 4.91. The van der Waals surface area contributed by atoms with Crippen LogP contribution in [-0.4, -0.2) is 0 Å². The first-order valence-corrected chi connectivity index (χ1v) is 6.47. The zero-order valence-electron chi connectivity index (χ0n) is 11.0. The molecular weight excluding hydrogens is 256 g/mol. The van der Waals surface area contributed by atoms with Gasteiger partial charge < -0.3 is 5.32 Å². The molecule has 0 unspecified atom stereocenters. The van der Waals surface area contributed by atoms with E-state index in [0.29, 0.717) is 10.6 Å². The Morgan fingerprint density at radius 2 is 1.95 bits per heavy atom. The van der Waals surface area contributed by atoms with E-state index in [2.05, 4.69) is 43.4 Å². The van der Waals surface area contributed by atoms with E-state index in [1.165, 1.54) is 16.7 Å². The molecule has 0 aromatic heterocycles. The Morgan fingerprint density at radius 1 is 1.16 bits per heavy atom. The van der Waals surface area contributed by atoms with Crippen LogP contribution in [0.4, 0.5) is 5.69 Å². The van der Waals surface area contributed by atoms with Crippen LogP contribution < -0.4 is 5.32 Å². The minimum Gasteiger partial charge on any atom is -0.381 e. The number of halogens is 1. The molecule has 1 N–H and O–H groups in total. The van der Waals surface area contributed by atoms with Gasteiger partial charge >= 0.3 is 0 Å². The van der Waals surface area contributed by atoms with E-state index in [4.69, 9.17) is 16.9 Å². The predicted molar refractivity (Wildman–Crippen MR) is 79.4 cm³/mol. The van der Waals surface area contributed by atoms with Gasteiger partial charge in [-0.3, -0.25) is 0 Å². The van der Waals surface area contributed by atoms with Gasteiger partial charge in [0.1, 0.15) is 6.07 Å². The Balaban J connectivity index is 2.15. The summed E-state index contributed by atoms with van der Waals surface area (Å²) in [6.07, 6.45) is 0. The zero-order chi connectivity index (χ0) is 13.8. The lowest BCUT2D eigenvalue weighted by Crippen LogP contribution is -2.02. The number of anilines is 1. The lowest BCUT2D eigenvalue weighted by Gasteiger charge is -2.10. The molecule has 0 radical (unpaired) electrons. The monoisotopic (exact) mass is 270 g/mol. The molecule has 2 rings (SSSR count). The molecule has 0 saturated heterocycles. The van der Waals surface area contributed by atoms with E-state index in [1.807, 2.05) is 6.07 Å². The second kappa shape index (κ2) is 5.77. The van der Waals surface area contributed by atoms with Crippen molar-refractivity contribution in [3.63, 3.8) is 0 Å². The normalized spacial score (nSPS) is 10.0. The topological polar surface area (TPSA) is 35.8 Å². The third-order valence-electron chi connectivity index (χ3n) is 3.07. The molecular formula is C16H15ClN2. The highest BCUT2D eigenvalue weighted by Crippen LogP contribution is 2.20. The average Bonchev–Trinajstić information content (AvgIpc) is 2.41. The average molecular weight is 271 g/mol. The maximum atomic E-state index is 8.95. The van der Waals surface area contributed by atoms with Crippen LogP contribution in [0.2, 0.25) is 5.02 Å². The summed E-state index contributed by atoms with van der Waals surface area (Å²) in [5.41, 5.74) is 5.16. The molecule has 2 nitrogen and oxygen atoms in total. The molecule has 0 amide bonds.